The molecule has 0 saturated heterocycles. The largest absolute Gasteiger partial charge is 0.337 e. The van der Waals surface area contributed by atoms with Crippen molar-refractivity contribution in [3.8, 4) is 0 Å². The third kappa shape index (κ3) is 1.37. The summed E-state index contributed by atoms with van der Waals surface area (Å²) in [5.41, 5.74) is 2.07. The molecular weight excluding hydrogens is 254 g/mol. The Morgan fingerprint density at radius 2 is 1.60 bits per heavy atom. The van der Waals surface area contributed by atoms with Crippen LogP contribution in [0.25, 0.3) is 0 Å². The van der Waals surface area contributed by atoms with Crippen LogP contribution in [0.3, 0.4) is 0 Å². The van der Waals surface area contributed by atoms with Crippen LogP contribution < -0.4 is 0 Å². The minimum absolute atomic E-state index is 0.209. The minimum Gasteiger partial charge on any atom is -0.337 e. The van der Waals surface area contributed by atoms with Crippen LogP contribution in [0.15, 0.2) is 22.7 Å². The van der Waals surface area contributed by atoms with Gasteiger partial charge in [-0.2, -0.15) is 0 Å². The molecule has 2 rings (SSSR count). The van der Waals surface area contributed by atoms with E-state index < -0.39 is 0 Å². The molecule has 2 nitrogen and oxygen atoms in total. The first-order valence-electron chi connectivity index (χ1n) is 5.10. The van der Waals surface area contributed by atoms with E-state index >= 15 is 0 Å². The first kappa shape index (κ1) is 11.1. The quantitative estimate of drug-likeness (QED) is 0.666. The Morgan fingerprint density at radius 1 is 1.07 bits per heavy atom. The maximum Gasteiger partial charge on any atom is 0.109 e. The Kier molecular flexibility index (Phi) is 2.27. The Bertz CT molecular complexity index is 412. The summed E-state index contributed by atoms with van der Waals surface area (Å²) >= 11 is 3.49. The first-order valence-corrected chi connectivity index (χ1v) is 5.89. The summed E-state index contributed by atoms with van der Waals surface area (Å²) in [6, 6.07) is 6.30. The van der Waals surface area contributed by atoms with E-state index in [9.17, 15) is 0 Å². The average Bonchev–Trinajstić information content (AvgIpc) is 2.26. The zero-order chi connectivity index (χ0) is 11.4. The van der Waals surface area contributed by atoms with Gasteiger partial charge in [0.25, 0.3) is 0 Å². The SMILES string of the molecule is CC1(C)c2ccc(Br)cc2C(C)(C)N1[OH2+]. The molecule has 0 aromatic heterocycles. The molecule has 1 aromatic carbocycles. The van der Waals surface area contributed by atoms with Crippen LogP contribution in [-0.4, -0.2) is 10.3 Å². The van der Waals surface area contributed by atoms with Crippen molar-refractivity contribution < 1.29 is 5.21 Å². The molecule has 0 atom stereocenters. The minimum atomic E-state index is -0.220. The molecular formula is C12H17BrNO+. The van der Waals surface area contributed by atoms with E-state index in [1.54, 1.807) is 5.06 Å². The number of hydroxylamine groups is 2. The summed E-state index contributed by atoms with van der Waals surface area (Å²) in [5, 5.41) is 9.90. The molecule has 0 saturated carbocycles. The van der Waals surface area contributed by atoms with E-state index in [4.69, 9.17) is 5.21 Å². The molecule has 0 radical (unpaired) electrons. The molecule has 0 spiro atoms. The molecule has 1 aliphatic heterocycles. The topological polar surface area (TPSA) is 26.1 Å². The number of fused-ring (bicyclic) bond motifs is 1. The van der Waals surface area contributed by atoms with Crippen molar-refractivity contribution >= 4 is 15.9 Å². The summed E-state index contributed by atoms with van der Waals surface area (Å²) in [6.45, 7) is 8.39. The van der Waals surface area contributed by atoms with Gasteiger partial charge < -0.3 is 5.21 Å². The highest BCUT2D eigenvalue weighted by Gasteiger charge is 2.52. The Balaban J connectivity index is 2.71. The summed E-state index contributed by atoms with van der Waals surface area (Å²) in [6.07, 6.45) is 0. The van der Waals surface area contributed by atoms with Crippen molar-refractivity contribution in [2.75, 3.05) is 0 Å². The van der Waals surface area contributed by atoms with E-state index in [1.165, 1.54) is 11.1 Å². The molecule has 0 amide bonds. The number of hydrogen-bond donors (Lipinski definition) is 0. The fourth-order valence-electron chi connectivity index (χ4n) is 2.50. The first-order chi connectivity index (χ1) is 6.78. The molecule has 0 bridgehead atoms. The lowest BCUT2D eigenvalue weighted by molar-refractivity contribution is -0.216. The van der Waals surface area contributed by atoms with E-state index in [-0.39, 0.29) is 11.1 Å². The van der Waals surface area contributed by atoms with Crippen molar-refractivity contribution in [1.29, 1.82) is 0 Å². The van der Waals surface area contributed by atoms with Gasteiger partial charge in [0.2, 0.25) is 0 Å². The maximum atomic E-state index is 8.21. The van der Waals surface area contributed by atoms with Gasteiger partial charge in [0.1, 0.15) is 11.1 Å². The summed E-state index contributed by atoms with van der Waals surface area (Å²) in [7, 11) is 0. The lowest BCUT2D eigenvalue weighted by Crippen LogP contribution is -2.42. The molecule has 0 fully saturated rings. The van der Waals surface area contributed by atoms with E-state index in [1.807, 2.05) is 0 Å². The molecule has 3 heteroatoms. The van der Waals surface area contributed by atoms with Gasteiger partial charge in [-0.05, 0) is 51.0 Å². The van der Waals surface area contributed by atoms with Crippen LogP contribution in [0, 0.1) is 0 Å². The van der Waals surface area contributed by atoms with Crippen LogP contribution in [0.4, 0.5) is 0 Å². The van der Waals surface area contributed by atoms with Gasteiger partial charge in [-0.3, -0.25) is 0 Å². The van der Waals surface area contributed by atoms with Gasteiger partial charge in [0.15, 0.2) is 0 Å². The van der Waals surface area contributed by atoms with E-state index in [2.05, 4.69) is 61.8 Å². The second-order valence-corrected chi connectivity index (χ2v) is 6.06. The Morgan fingerprint density at radius 3 is 2.20 bits per heavy atom. The fraction of sp³-hybridized carbons (Fsp3) is 0.500. The molecule has 1 heterocycles. The highest BCUT2D eigenvalue weighted by Crippen LogP contribution is 2.48. The standard InChI is InChI=1S/C12H16BrNO/c1-11(2)9-6-5-8(13)7-10(9)12(3,4)14(11)15/h5-7,15H,1-4H3/p+1. The van der Waals surface area contributed by atoms with Gasteiger partial charge in [0, 0.05) is 4.47 Å². The molecule has 15 heavy (non-hydrogen) atoms. The number of halogens is 1. The number of hydrogen-bond acceptors (Lipinski definition) is 1. The highest BCUT2D eigenvalue weighted by molar-refractivity contribution is 9.10. The fourth-order valence-corrected chi connectivity index (χ4v) is 2.86. The predicted octanol–water partition coefficient (Wildman–Crippen LogP) is 2.87. The number of benzene rings is 1. The molecule has 82 valence electrons. The molecule has 2 N–H and O–H groups in total. The Labute approximate surface area is 99.0 Å². The Hall–Kier alpha value is -0.380. The predicted molar refractivity (Wildman–Crippen MR) is 65.6 cm³/mol. The van der Waals surface area contributed by atoms with Gasteiger partial charge in [0.05, 0.1) is 0 Å². The number of nitrogens with zero attached hydrogens (tertiary/aromatic N) is 1. The van der Waals surface area contributed by atoms with Crippen molar-refractivity contribution in [2.45, 2.75) is 38.8 Å². The van der Waals surface area contributed by atoms with Crippen LogP contribution >= 0.6 is 15.9 Å². The lowest BCUT2D eigenvalue weighted by Gasteiger charge is -2.29. The molecule has 1 aromatic rings. The van der Waals surface area contributed by atoms with E-state index in [0.717, 1.165) is 4.47 Å². The van der Waals surface area contributed by atoms with Crippen LogP contribution in [0.2, 0.25) is 0 Å². The number of rotatable bonds is 0. The monoisotopic (exact) mass is 270 g/mol. The van der Waals surface area contributed by atoms with Crippen LogP contribution in [0.1, 0.15) is 38.8 Å². The average molecular weight is 271 g/mol. The van der Waals surface area contributed by atoms with Gasteiger partial charge >= 0.3 is 0 Å². The van der Waals surface area contributed by atoms with Crippen LogP contribution in [0.5, 0.6) is 0 Å². The third-order valence-electron chi connectivity index (χ3n) is 3.42. The van der Waals surface area contributed by atoms with Crippen molar-refractivity contribution in [2.24, 2.45) is 0 Å². The second-order valence-electron chi connectivity index (χ2n) is 5.14. The van der Waals surface area contributed by atoms with Gasteiger partial charge in [-0.15, -0.1) is 0 Å². The van der Waals surface area contributed by atoms with Crippen LogP contribution in [-0.2, 0) is 11.1 Å². The summed E-state index contributed by atoms with van der Waals surface area (Å²) in [5.74, 6) is 0. The maximum absolute atomic E-state index is 8.21. The van der Waals surface area contributed by atoms with Gasteiger partial charge in [-0.25, -0.2) is 0 Å². The lowest BCUT2D eigenvalue weighted by atomic mass is 9.91. The molecule has 0 aliphatic carbocycles. The van der Waals surface area contributed by atoms with Crippen molar-refractivity contribution in [3.05, 3.63) is 33.8 Å². The zero-order valence-corrected chi connectivity index (χ0v) is 11.1. The zero-order valence-electron chi connectivity index (χ0n) is 9.56. The van der Waals surface area contributed by atoms with Crippen molar-refractivity contribution in [1.82, 2.24) is 5.06 Å². The van der Waals surface area contributed by atoms with Gasteiger partial charge in [-0.1, -0.05) is 27.1 Å². The summed E-state index contributed by atoms with van der Waals surface area (Å²) < 4.78 is 1.08. The summed E-state index contributed by atoms with van der Waals surface area (Å²) in [4.78, 5) is 0. The van der Waals surface area contributed by atoms with E-state index in [0.29, 0.717) is 0 Å². The molecule has 1 aliphatic rings. The third-order valence-corrected chi connectivity index (χ3v) is 3.91. The second kappa shape index (κ2) is 3.06. The van der Waals surface area contributed by atoms with Crippen molar-refractivity contribution in [3.63, 3.8) is 0 Å². The molecule has 0 unspecified atom stereocenters. The highest BCUT2D eigenvalue weighted by atomic mass is 79.9. The normalized spacial score (nSPS) is 22.8. The smallest absolute Gasteiger partial charge is 0.109 e.